The number of rotatable bonds is 3. The van der Waals surface area contributed by atoms with Crippen molar-refractivity contribution in [1.29, 1.82) is 0 Å². The lowest BCUT2D eigenvalue weighted by atomic mass is 9.98. The highest BCUT2D eigenvalue weighted by molar-refractivity contribution is 5.27. The number of pyridine rings is 1. The monoisotopic (exact) mass is 233 g/mol. The van der Waals surface area contributed by atoms with Crippen molar-refractivity contribution < 1.29 is 0 Å². The highest BCUT2D eigenvalue weighted by Crippen LogP contribution is 2.72. The van der Waals surface area contributed by atoms with E-state index < -0.39 is 0 Å². The van der Waals surface area contributed by atoms with E-state index in [4.69, 9.17) is 5.84 Å². The quantitative estimate of drug-likeness (QED) is 0.623. The van der Waals surface area contributed by atoms with Crippen LogP contribution in [0.25, 0.3) is 0 Å². The van der Waals surface area contributed by atoms with Crippen molar-refractivity contribution in [3.05, 3.63) is 29.6 Å². The number of hydrogen-bond acceptors (Lipinski definition) is 3. The van der Waals surface area contributed by atoms with E-state index in [0.717, 1.165) is 0 Å². The van der Waals surface area contributed by atoms with Crippen molar-refractivity contribution in [1.82, 2.24) is 10.4 Å². The van der Waals surface area contributed by atoms with Crippen LogP contribution in [0, 0.1) is 23.7 Å². The summed E-state index contributed by atoms with van der Waals surface area (Å²) in [6.07, 6.45) is 3.79. The zero-order valence-electron chi connectivity index (χ0n) is 11.4. The van der Waals surface area contributed by atoms with Crippen molar-refractivity contribution in [3.63, 3.8) is 0 Å². The minimum Gasteiger partial charge on any atom is -0.271 e. The van der Waals surface area contributed by atoms with Crippen molar-refractivity contribution in [3.8, 4) is 0 Å². The van der Waals surface area contributed by atoms with Gasteiger partial charge in [-0.2, -0.15) is 0 Å². The van der Waals surface area contributed by atoms with Crippen LogP contribution in [0.2, 0.25) is 0 Å². The third-order valence-electron chi connectivity index (χ3n) is 4.90. The molecule has 1 aromatic heterocycles. The van der Waals surface area contributed by atoms with E-state index in [1.165, 1.54) is 11.1 Å². The van der Waals surface area contributed by atoms with Crippen molar-refractivity contribution in [2.45, 2.75) is 40.7 Å². The second-order valence-electron chi connectivity index (χ2n) is 6.36. The summed E-state index contributed by atoms with van der Waals surface area (Å²) in [6, 6.07) is 2.36. The minimum absolute atomic E-state index is 0.187. The van der Waals surface area contributed by atoms with Crippen LogP contribution in [0.15, 0.2) is 18.5 Å². The van der Waals surface area contributed by atoms with Gasteiger partial charge in [-0.1, -0.05) is 33.8 Å². The van der Waals surface area contributed by atoms with E-state index in [0.29, 0.717) is 16.7 Å². The summed E-state index contributed by atoms with van der Waals surface area (Å²) in [5.74, 6) is 6.31. The zero-order valence-corrected chi connectivity index (χ0v) is 11.4. The van der Waals surface area contributed by atoms with E-state index in [1.54, 1.807) is 0 Å². The van der Waals surface area contributed by atoms with E-state index in [9.17, 15) is 0 Å². The minimum atomic E-state index is 0.187. The molecule has 1 atom stereocenters. The first kappa shape index (κ1) is 12.5. The maximum absolute atomic E-state index is 5.76. The summed E-state index contributed by atoms with van der Waals surface area (Å²) in [7, 11) is 0. The van der Waals surface area contributed by atoms with Gasteiger partial charge in [0, 0.05) is 12.4 Å². The van der Waals surface area contributed by atoms with Gasteiger partial charge in [0.25, 0.3) is 0 Å². The maximum Gasteiger partial charge on any atom is 0.0514 e. The molecule has 1 aliphatic carbocycles. The molecular weight excluding hydrogens is 210 g/mol. The van der Waals surface area contributed by atoms with Crippen molar-refractivity contribution in [2.75, 3.05) is 0 Å². The predicted molar refractivity (Wildman–Crippen MR) is 70.1 cm³/mol. The lowest BCUT2D eigenvalue weighted by Crippen LogP contribution is -2.31. The van der Waals surface area contributed by atoms with Gasteiger partial charge >= 0.3 is 0 Å². The second-order valence-corrected chi connectivity index (χ2v) is 6.36. The van der Waals surface area contributed by atoms with Crippen LogP contribution in [-0.2, 0) is 0 Å². The lowest BCUT2D eigenvalue weighted by molar-refractivity contribution is 0.416. The van der Waals surface area contributed by atoms with Gasteiger partial charge in [-0.25, -0.2) is 0 Å². The van der Waals surface area contributed by atoms with Crippen molar-refractivity contribution in [2.24, 2.45) is 22.6 Å². The first-order valence-electron chi connectivity index (χ1n) is 6.20. The Morgan fingerprint density at radius 3 is 2.24 bits per heavy atom. The summed E-state index contributed by atoms with van der Waals surface area (Å²) in [4.78, 5) is 4.26. The fraction of sp³-hybridized carbons (Fsp3) is 0.643. The number of hydrazine groups is 1. The molecule has 0 bridgehead atoms. The molecule has 1 unspecified atom stereocenters. The Morgan fingerprint density at radius 2 is 1.82 bits per heavy atom. The standard InChI is InChI=1S/C14H23N3/c1-9-6-10(8-16-7-9)11(17-15)12-13(2,3)14(12,4)5/h6-8,11-12,17H,15H2,1-5H3. The summed E-state index contributed by atoms with van der Waals surface area (Å²) in [6.45, 7) is 11.3. The predicted octanol–water partition coefficient (Wildman–Crippen LogP) is 2.58. The number of aromatic nitrogens is 1. The van der Waals surface area contributed by atoms with Gasteiger partial charge in [0.2, 0.25) is 0 Å². The third kappa shape index (κ3) is 1.78. The molecule has 1 saturated carbocycles. The van der Waals surface area contributed by atoms with Gasteiger partial charge in [0.1, 0.15) is 0 Å². The Kier molecular flexibility index (Phi) is 2.79. The van der Waals surface area contributed by atoms with Crippen LogP contribution in [-0.4, -0.2) is 4.98 Å². The number of aryl methyl sites for hydroxylation is 1. The average Bonchev–Trinajstić information content (AvgIpc) is 2.62. The van der Waals surface area contributed by atoms with Gasteiger partial charge in [-0.3, -0.25) is 16.3 Å². The normalized spacial score (nSPS) is 23.4. The average molecular weight is 233 g/mol. The highest BCUT2D eigenvalue weighted by Gasteiger charge is 2.67. The second kappa shape index (κ2) is 3.79. The lowest BCUT2D eigenvalue weighted by Gasteiger charge is -2.18. The zero-order chi connectivity index (χ0) is 12.8. The molecule has 1 aromatic rings. The topological polar surface area (TPSA) is 50.9 Å². The van der Waals surface area contributed by atoms with Gasteiger partial charge in [0.05, 0.1) is 6.04 Å². The summed E-state index contributed by atoms with van der Waals surface area (Å²) >= 11 is 0. The molecule has 0 spiro atoms. The van der Waals surface area contributed by atoms with E-state index in [1.807, 2.05) is 12.4 Å². The molecule has 1 fully saturated rings. The molecule has 0 aliphatic heterocycles. The summed E-state index contributed by atoms with van der Waals surface area (Å²) < 4.78 is 0. The largest absolute Gasteiger partial charge is 0.271 e. The van der Waals surface area contributed by atoms with E-state index >= 15 is 0 Å². The molecule has 17 heavy (non-hydrogen) atoms. The Hall–Kier alpha value is -0.930. The molecular formula is C14H23N3. The van der Waals surface area contributed by atoms with Crippen LogP contribution >= 0.6 is 0 Å². The van der Waals surface area contributed by atoms with Gasteiger partial charge < -0.3 is 0 Å². The number of nitrogens with two attached hydrogens (primary N) is 1. The maximum atomic E-state index is 5.76. The molecule has 3 heteroatoms. The van der Waals surface area contributed by atoms with Crippen molar-refractivity contribution >= 4 is 0 Å². The molecule has 0 saturated heterocycles. The van der Waals surface area contributed by atoms with Gasteiger partial charge in [0.15, 0.2) is 0 Å². The highest BCUT2D eigenvalue weighted by atomic mass is 15.2. The SMILES string of the molecule is Cc1cncc(C(NN)C2C(C)(C)C2(C)C)c1. The molecule has 0 amide bonds. The fourth-order valence-electron chi connectivity index (χ4n) is 3.21. The molecule has 0 aromatic carbocycles. The first-order valence-corrected chi connectivity index (χ1v) is 6.20. The fourth-order valence-corrected chi connectivity index (χ4v) is 3.21. The molecule has 94 valence electrons. The van der Waals surface area contributed by atoms with Crippen LogP contribution in [0.3, 0.4) is 0 Å². The van der Waals surface area contributed by atoms with Crippen LogP contribution < -0.4 is 11.3 Å². The molecule has 1 heterocycles. The Balaban J connectivity index is 2.31. The van der Waals surface area contributed by atoms with Gasteiger partial charge in [-0.15, -0.1) is 0 Å². The Morgan fingerprint density at radius 1 is 1.24 bits per heavy atom. The van der Waals surface area contributed by atoms with Gasteiger partial charge in [-0.05, 0) is 34.8 Å². The molecule has 0 radical (unpaired) electrons. The number of nitrogens with one attached hydrogen (secondary N) is 1. The molecule has 2 rings (SSSR count). The smallest absolute Gasteiger partial charge is 0.0514 e. The number of hydrogen-bond donors (Lipinski definition) is 2. The number of nitrogens with zero attached hydrogens (tertiary/aromatic N) is 1. The van der Waals surface area contributed by atoms with Crippen LogP contribution in [0.1, 0.15) is 44.9 Å². The third-order valence-corrected chi connectivity index (χ3v) is 4.90. The summed E-state index contributed by atoms with van der Waals surface area (Å²) in [5.41, 5.74) is 5.98. The summed E-state index contributed by atoms with van der Waals surface area (Å²) in [5, 5.41) is 0. The molecule has 1 aliphatic rings. The van der Waals surface area contributed by atoms with Crippen LogP contribution in [0.5, 0.6) is 0 Å². The first-order chi connectivity index (χ1) is 7.82. The molecule has 3 N–H and O–H groups in total. The molecule has 3 nitrogen and oxygen atoms in total. The Bertz CT molecular complexity index is 409. The van der Waals surface area contributed by atoms with E-state index in [2.05, 4.69) is 51.1 Å². The Labute approximate surface area is 104 Å². The van der Waals surface area contributed by atoms with E-state index in [-0.39, 0.29) is 6.04 Å². The van der Waals surface area contributed by atoms with Crippen LogP contribution in [0.4, 0.5) is 0 Å².